The minimum atomic E-state index is -0.476. The first-order valence-corrected chi connectivity index (χ1v) is 47.1. The lowest BCUT2D eigenvalue weighted by Crippen LogP contribution is -2.26. The number of furan rings is 1. The number of para-hydroxylation sites is 1. The molecule has 1 heteroatoms. The predicted molar refractivity (Wildman–Crippen MR) is 563 cm³/mol. The number of hydrogen-bond acceptors (Lipinski definition) is 1. The van der Waals surface area contributed by atoms with Gasteiger partial charge >= 0.3 is 0 Å². The smallest absolute Gasteiger partial charge is 0.135 e. The topological polar surface area (TPSA) is 13.1 Å². The number of benzene rings is 24. The molecule has 0 fully saturated rings. The predicted octanol–water partition coefficient (Wildman–Crippen LogP) is 35.5. The van der Waals surface area contributed by atoms with Crippen LogP contribution in [0.1, 0.15) is 69.5 Å². The lowest BCUT2D eigenvalue weighted by atomic mass is 9.69. The van der Waals surface area contributed by atoms with Crippen molar-refractivity contribution >= 4 is 108 Å². The second-order valence-corrected chi connectivity index (χ2v) is 38.0. The normalized spacial score (nSPS) is 13.8. The van der Waals surface area contributed by atoms with Gasteiger partial charge in [-0.05, 0) is 331 Å². The standard InChI is InChI=1S/C68H44.C65H38O/c1-67(2)58-31-14-11-23-47(58)50-35-34-45(39-61(50)67)65-54-29-9-7-27-52(54)64(53-28-8-10-30-55(53)65)44-21-17-20-43(36-44)56-40-63-66(51-26-6-5-22-46(51)56)57-37-41-18-3-4-19-42(41)38-62(57)68(63)59-32-15-12-24-48(59)49-25-13-16-33-60(49)68;1-2-16-42-37-58-55(35-41(42)15-1)64-48-21-4-3-17-44(48)53(38-59(64)65(58)56-26-12-9-18-45(56)46-19-10-13-27-57(46)65)39-29-31-40(32-30-39)62-49-22-5-7-24-51(49)63(52-25-8-6-23-50(52)62)43-33-34-61-54(36-43)47-20-11-14-28-60(47)66-61/h3-40H,1-2H3;1-38H. The van der Waals surface area contributed by atoms with Crippen LogP contribution in [-0.4, -0.2) is 0 Å². The molecule has 2 spiro atoms. The second kappa shape index (κ2) is 28.1. The van der Waals surface area contributed by atoms with Crippen molar-refractivity contribution in [3.05, 3.63) is 517 Å². The fraction of sp³-hybridized carbons (Fsp3) is 0.0376. The van der Waals surface area contributed by atoms with Crippen LogP contribution in [0.3, 0.4) is 0 Å². The quantitative estimate of drug-likeness (QED) is 0.151. The first-order valence-electron chi connectivity index (χ1n) is 47.1. The van der Waals surface area contributed by atoms with Crippen molar-refractivity contribution in [1.29, 1.82) is 0 Å². The molecule has 1 heterocycles. The summed E-state index contributed by atoms with van der Waals surface area (Å²) in [7, 11) is 0. The molecule has 1 nitrogen and oxygen atoms in total. The molecule has 1 aromatic heterocycles. The molecule has 0 radical (unpaired) electrons. The van der Waals surface area contributed by atoms with Crippen LogP contribution < -0.4 is 0 Å². The van der Waals surface area contributed by atoms with E-state index in [1.54, 1.807) is 0 Å². The molecule has 0 saturated heterocycles. The van der Waals surface area contributed by atoms with Crippen LogP contribution in [0.2, 0.25) is 0 Å². The Hall–Kier alpha value is -16.8. The van der Waals surface area contributed by atoms with E-state index in [0.29, 0.717) is 0 Å². The maximum Gasteiger partial charge on any atom is 0.135 e. The Morgan fingerprint density at radius 1 is 0.142 bits per heavy atom. The van der Waals surface area contributed by atoms with E-state index in [0.717, 1.165) is 21.9 Å². The molecule has 0 N–H and O–H groups in total. The van der Waals surface area contributed by atoms with Crippen LogP contribution in [0.25, 0.3) is 231 Å². The third kappa shape index (κ3) is 10.2. The van der Waals surface area contributed by atoms with Gasteiger partial charge in [0.1, 0.15) is 11.2 Å². The second-order valence-electron chi connectivity index (χ2n) is 38.0. The van der Waals surface area contributed by atoms with Crippen molar-refractivity contribution in [2.45, 2.75) is 30.1 Å². The maximum absolute atomic E-state index is 6.26. The molecule has 5 aliphatic rings. The molecule has 30 rings (SSSR count). The van der Waals surface area contributed by atoms with Crippen molar-refractivity contribution in [3.63, 3.8) is 0 Å². The molecule has 0 atom stereocenters. The number of hydrogen-bond donors (Lipinski definition) is 0. The van der Waals surface area contributed by atoms with Crippen LogP contribution >= 0.6 is 0 Å². The SMILES string of the molecule is CC1(C)c2ccccc2-c2ccc(-c3c4ccccc4c(-c4cccc(-c5cc6c(c7ccccc57)-c5cc7ccccc7cc5C65c6ccccc6-c6ccccc65)c4)c4ccccc34)cc21.c1ccc2c(c1)-c1ccccc1C21c2cc3ccccc3cc2-c2c1cc(-c1ccc(-c3c4ccccc4c(-c4ccc5oc6ccccc6c5c4)c4ccccc34)cc1)c1ccccc21. The fourth-order valence-corrected chi connectivity index (χ4v) is 25.7. The lowest BCUT2D eigenvalue weighted by molar-refractivity contribution is 0.660. The van der Waals surface area contributed by atoms with E-state index in [2.05, 4.69) is 469 Å². The minimum absolute atomic E-state index is 0.0866. The van der Waals surface area contributed by atoms with Crippen molar-refractivity contribution < 1.29 is 4.42 Å². The molecule has 620 valence electrons. The first-order chi connectivity index (χ1) is 66.2. The van der Waals surface area contributed by atoms with E-state index in [9.17, 15) is 0 Å². The average Bonchev–Trinajstić information content (AvgIpc) is 1.50. The van der Waals surface area contributed by atoms with E-state index in [4.69, 9.17) is 4.42 Å². The van der Waals surface area contributed by atoms with Crippen molar-refractivity contribution in [3.8, 4) is 122 Å². The monoisotopic (exact) mass is 1690 g/mol. The molecule has 0 unspecified atom stereocenters. The summed E-state index contributed by atoms with van der Waals surface area (Å²) in [6, 6.07) is 174. The summed E-state index contributed by atoms with van der Waals surface area (Å²) in [5.74, 6) is 0. The van der Waals surface area contributed by atoms with Gasteiger partial charge in [-0.25, -0.2) is 0 Å². The van der Waals surface area contributed by atoms with Gasteiger partial charge in [0.15, 0.2) is 0 Å². The van der Waals surface area contributed by atoms with Crippen molar-refractivity contribution in [2.75, 3.05) is 0 Å². The van der Waals surface area contributed by atoms with Crippen LogP contribution in [0.4, 0.5) is 0 Å². The Morgan fingerprint density at radius 3 is 0.888 bits per heavy atom. The van der Waals surface area contributed by atoms with Crippen molar-refractivity contribution in [2.24, 2.45) is 0 Å². The van der Waals surface area contributed by atoms with E-state index < -0.39 is 10.8 Å². The molecule has 0 saturated carbocycles. The van der Waals surface area contributed by atoms with Gasteiger partial charge in [-0.15, -0.1) is 0 Å². The zero-order valence-corrected chi connectivity index (χ0v) is 73.8. The van der Waals surface area contributed by atoms with Crippen LogP contribution in [-0.2, 0) is 16.2 Å². The van der Waals surface area contributed by atoms with Crippen LogP contribution in [0, 0.1) is 0 Å². The van der Waals surface area contributed by atoms with Gasteiger partial charge in [0.05, 0.1) is 10.8 Å². The Balaban J connectivity index is 0.000000131. The molecule has 0 aliphatic heterocycles. The molecule has 25 aromatic rings. The van der Waals surface area contributed by atoms with Gasteiger partial charge in [-0.1, -0.05) is 408 Å². The highest BCUT2D eigenvalue weighted by molar-refractivity contribution is 6.25. The minimum Gasteiger partial charge on any atom is -0.456 e. The Labute approximate surface area is 776 Å². The number of fused-ring (bicyclic) bond motifs is 36. The Kier molecular flexibility index (Phi) is 15.7. The van der Waals surface area contributed by atoms with Gasteiger partial charge in [0, 0.05) is 16.2 Å². The Bertz CT molecular complexity index is 9290. The summed E-state index contributed by atoms with van der Waals surface area (Å²) >= 11 is 0. The summed E-state index contributed by atoms with van der Waals surface area (Å²) in [5, 5.41) is 22.5. The van der Waals surface area contributed by atoms with Gasteiger partial charge in [-0.3, -0.25) is 0 Å². The summed E-state index contributed by atoms with van der Waals surface area (Å²) in [4.78, 5) is 0. The zero-order valence-electron chi connectivity index (χ0n) is 73.8. The molecule has 5 aliphatic carbocycles. The molecule has 0 bridgehead atoms. The van der Waals surface area contributed by atoms with Gasteiger partial charge in [0.2, 0.25) is 0 Å². The molecular weight excluding hydrogens is 1610 g/mol. The first kappa shape index (κ1) is 75.0. The van der Waals surface area contributed by atoms with Gasteiger partial charge in [0.25, 0.3) is 0 Å². The van der Waals surface area contributed by atoms with E-state index in [-0.39, 0.29) is 5.41 Å². The average molecular weight is 1700 g/mol. The van der Waals surface area contributed by atoms with Gasteiger partial charge in [-0.2, -0.15) is 0 Å². The van der Waals surface area contributed by atoms with Crippen LogP contribution in [0.15, 0.2) is 465 Å². The highest BCUT2D eigenvalue weighted by atomic mass is 16.3. The molecule has 134 heavy (non-hydrogen) atoms. The molecule has 0 amide bonds. The highest BCUT2D eigenvalue weighted by Gasteiger charge is 2.55. The van der Waals surface area contributed by atoms with E-state index in [1.807, 2.05) is 6.07 Å². The van der Waals surface area contributed by atoms with Gasteiger partial charge < -0.3 is 4.42 Å². The largest absolute Gasteiger partial charge is 0.456 e. The summed E-state index contributed by atoms with van der Waals surface area (Å²) in [6.07, 6.45) is 0. The number of rotatable bonds is 6. The Morgan fingerprint density at radius 2 is 0.440 bits per heavy atom. The third-order valence-electron chi connectivity index (χ3n) is 31.3. The van der Waals surface area contributed by atoms with Crippen molar-refractivity contribution in [1.82, 2.24) is 0 Å². The summed E-state index contributed by atoms with van der Waals surface area (Å²) < 4.78 is 6.26. The maximum atomic E-state index is 6.26. The van der Waals surface area contributed by atoms with Crippen LogP contribution in [0.5, 0.6) is 0 Å². The molecule has 24 aromatic carbocycles. The van der Waals surface area contributed by atoms with E-state index >= 15 is 0 Å². The zero-order chi connectivity index (χ0) is 88.0. The highest BCUT2D eigenvalue weighted by Crippen LogP contribution is 2.68. The van der Waals surface area contributed by atoms with E-state index in [1.165, 1.54) is 264 Å². The summed E-state index contributed by atoms with van der Waals surface area (Å²) in [5.41, 5.74) is 42.7. The lowest BCUT2D eigenvalue weighted by Gasteiger charge is -2.31. The fourth-order valence-electron chi connectivity index (χ4n) is 25.7. The third-order valence-corrected chi connectivity index (χ3v) is 31.3. The summed E-state index contributed by atoms with van der Waals surface area (Å²) in [6.45, 7) is 4.76. The molecular formula is C133H82O.